The quantitative estimate of drug-likeness (QED) is 0.505. The highest BCUT2D eigenvalue weighted by molar-refractivity contribution is 8.27. The molecule has 1 amide bonds. The van der Waals surface area contributed by atoms with Gasteiger partial charge in [-0.05, 0) is 74.4 Å². The van der Waals surface area contributed by atoms with Gasteiger partial charge < -0.3 is 4.57 Å². The van der Waals surface area contributed by atoms with E-state index in [2.05, 4.69) is 45.9 Å². The second-order valence-corrected chi connectivity index (χ2v) is 9.43. The predicted molar refractivity (Wildman–Crippen MR) is 140 cm³/mol. The van der Waals surface area contributed by atoms with Gasteiger partial charge in [0.1, 0.15) is 5.04 Å². The number of carbonyl (C=O) groups excluding carboxylic acids is 1. The highest BCUT2D eigenvalue weighted by Crippen LogP contribution is 2.32. The predicted octanol–water partition coefficient (Wildman–Crippen LogP) is 5.63. The Kier molecular flexibility index (Phi) is 5.57. The van der Waals surface area contributed by atoms with Crippen molar-refractivity contribution in [2.45, 2.75) is 34.1 Å². The van der Waals surface area contributed by atoms with E-state index in [1.54, 1.807) is 6.08 Å². The number of amidine groups is 2. The molecule has 0 saturated heterocycles. The molecule has 34 heavy (non-hydrogen) atoms. The van der Waals surface area contributed by atoms with Crippen LogP contribution in [0.4, 0.5) is 0 Å². The SMILES string of the molecule is CCc1ccc(-n2c(C)cc(/C=C3\C(=N)N4N=C(c5ccc(C)cc5)SC4=NC3=O)c2C)cc1. The third-order valence-electron chi connectivity index (χ3n) is 6.13. The van der Waals surface area contributed by atoms with Crippen molar-refractivity contribution in [2.24, 2.45) is 10.1 Å². The number of amides is 1. The summed E-state index contributed by atoms with van der Waals surface area (Å²) in [5, 5.41) is 15.9. The van der Waals surface area contributed by atoms with Gasteiger partial charge in [-0.25, -0.2) is 0 Å². The summed E-state index contributed by atoms with van der Waals surface area (Å²) in [5.41, 5.74) is 7.65. The number of hydrogen-bond donors (Lipinski definition) is 1. The van der Waals surface area contributed by atoms with Gasteiger partial charge in [0.15, 0.2) is 5.84 Å². The summed E-state index contributed by atoms with van der Waals surface area (Å²) >= 11 is 1.31. The Balaban J connectivity index is 1.49. The number of hydrazone groups is 1. The summed E-state index contributed by atoms with van der Waals surface area (Å²) < 4.78 is 2.16. The van der Waals surface area contributed by atoms with Crippen molar-refractivity contribution in [1.29, 1.82) is 5.41 Å². The van der Waals surface area contributed by atoms with Crippen LogP contribution in [0, 0.1) is 26.2 Å². The van der Waals surface area contributed by atoms with E-state index < -0.39 is 5.91 Å². The Morgan fingerprint density at radius 3 is 2.41 bits per heavy atom. The van der Waals surface area contributed by atoms with Crippen LogP contribution in [0.1, 0.15) is 40.6 Å². The molecule has 0 spiro atoms. The van der Waals surface area contributed by atoms with Crippen molar-refractivity contribution in [3.8, 4) is 5.69 Å². The fourth-order valence-electron chi connectivity index (χ4n) is 4.17. The van der Waals surface area contributed by atoms with Crippen LogP contribution in [0.15, 0.2) is 70.3 Å². The molecule has 0 atom stereocenters. The topological polar surface area (TPSA) is 73.8 Å². The number of fused-ring (bicyclic) bond motifs is 1. The van der Waals surface area contributed by atoms with Crippen LogP contribution in [0.5, 0.6) is 0 Å². The first kappa shape index (κ1) is 22.1. The molecule has 2 aliphatic heterocycles. The molecule has 5 rings (SSSR count). The lowest BCUT2D eigenvalue weighted by Crippen LogP contribution is -2.35. The molecule has 3 aromatic rings. The van der Waals surface area contributed by atoms with Crippen molar-refractivity contribution < 1.29 is 4.79 Å². The van der Waals surface area contributed by atoms with E-state index in [1.165, 1.54) is 22.3 Å². The molecule has 2 aliphatic rings. The number of nitrogens with zero attached hydrogens (tertiary/aromatic N) is 4. The lowest BCUT2D eigenvalue weighted by atomic mass is 10.1. The van der Waals surface area contributed by atoms with Crippen LogP contribution in [-0.2, 0) is 11.2 Å². The van der Waals surface area contributed by atoms with Gasteiger partial charge in [-0.2, -0.15) is 15.1 Å². The van der Waals surface area contributed by atoms with E-state index in [9.17, 15) is 4.79 Å². The molecule has 2 aromatic carbocycles. The van der Waals surface area contributed by atoms with Crippen molar-refractivity contribution in [2.75, 3.05) is 0 Å². The minimum absolute atomic E-state index is 0.0433. The molecular weight excluding hydrogens is 442 g/mol. The van der Waals surface area contributed by atoms with E-state index in [0.717, 1.165) is 45.2 Å². The molecule has 1 N–H and O–H groups in total. The third-order valence-corrected chi connectivity index (χ3v) is 7.08. The number of aromatic nitrogens is 1. The summed E-state index contributed by atoms with van der Waals surface area (Å²) in [6.45, 7) is 8.24. The zero-order valence-corrected chi connectivity index (χ0v) is 20.4. The number of thioether (sulfide) groups is 1. The first-order valence-electron chi connectivity index (χ1n) is 11.2. The summed E-state index contributed by atoms with van der Waals surface area (Å²) in [5.74, 6) is -0.372. The Hall–Kier alpha value is -3.71. The Morgan fingerprint density at radius 2 is 1.74 bits per heavy atom. The van der Waals surface area contributed by atoms with Gasteiger partial charge in [-0.15, -0.1) is 0 Å². The van der Waals surface area contributed by atoms with Gasteiger partial charge in [0, 0.05) is 22.6 Å². The Bertz CT molecular complexity index is 1410. The van der Waals surface area contributed by atoms with Crippen molar-refractivity contribution in [3.63, 3.8) is 0 Å². The van der Waals surface area contributed by atoms with Crippen LogP contribution in [-0.4, -0.2) is 31.5 Å². The maximum atomic E-state index is 12.9. The minimum atomic E-state index is -0.416. The van der Waals surface area contributed by atoms with Crippen LogP contribution in [0.2, 0.25) is 0 Å². The second kappa shape index (κ2) is 8.57. The lowest BCUT2D eigenvalue weighted by Gasteiger charge is -2.20. The van der Waals surface area contributed by atoms with Crippen LogP contribution in [0.3, 0.4) is 0 Å². The van der Waals surface area contributed by atoms with Crippen LogP contribution in [0.25, 0.3) is 11.8 Å². The largest absolute Gasteiger partial charge is 0.318 e. The van der Waals surface area contributed by atoms with Gasteiger partial charge in [-0.1, -0.05) is 48.9 Å². The van der Waals surface area contributed by atoms with E-state index >= 15 is 0 Å². The molecule has 7 heteroatoms. The Morgan fingerprint density at radius 1 is 1.03 bits per heavy atom. The fourth-order valence-corrected chi connectivity index (χ4v) is 5.07. The first-order valence-corrected chi connectivity index (χ1v) is 12.0. The molecule has 0 aliphatic carbocycles. The molecule has 0 saturated carbocycles. The fraction of sp³-hybridized carbons (Fsp3) is 0.185. The average molecular weight is 468 g/mol. The van der Waals surface area contributed by atoms with Crippen LogP contribution < -0.4 is 0 Å². The van der Waals surface area contributed by atoms with E-state index in [4.69, 9.17) is 5.41 Å². The number of hydrogen-bond acceptors (Lipinski definition) is 4. The van der Waals surface area contributed by atoms with Gasteiger partial charge >= 0.3 is 0 Å². The van der Waals surface area contributed by atoms with E-state index in [-0.39, 0.29) is 11.4 Å². The first-order chi connectivity index (χ1) is 16.4. The summed E-state index contributed by atoms with van der Waals surface area (Å²) in [4.78, 5) is 17.1. The summed E-state index contributed by atoms with van der Waals surface area (Å²) in [6, 6.07) is 18.6. The van der Waals surface area contributed by atoms with E-state index in [1.807, 2.05) is 51.1 Å². The van der Waals surface area contributed by atoms with Crippen LogP contribution >= 0.6 is 11.8 Å². The highest BCUT2D eigenvalue weighted by atomic mass is 32.2. The molecule has 0 radical (unpaired) electrons. The number of carbonyl (C=O) groups is 1. The Labute approximate surface area is 203 Å². The van der Waals surface area contributed by atoms with Gasteiger partial charge in [-0.3, -0.25) is 10.2 Å². The van der Waals surface area contributed by atoms with Gasteiger partial charge in [0.25, 0.3) is 5.91 Å². The molecule has 170 valence electrons. The normalized spacial score (nSPS) is 16.7. The monoisotopic (exact) mass is 467 g/mol. The minimum Gasteiger partial charge on any atom is -0.318 e. The van der Waals surface area contributed by atoms with Crippen molar-refractivity contribution in [1.82, 2.24) is 9.58 Å². The molecule has 6 nitrogen and oxygen atoms in total. The zero-order valence-electron chi connectivity index (χ0n) is 19.6. The number of nitrogens with one attached hydrogen (secondary N) is 1. The standard InChI is InChI=1S/C27H25N5OS/c1-5-19-8-12-22(13-9-19)31-17(3)14-21(18(31)4)15-23-24(28)32-27(29-25(23)33)34-26(30-32)20-10-6-16(2)7-11-20/h6-15,28H,5H2,1-4H3/b23-15+,28-24?. The maximum Gasteiger partial charge on any atom is 0.283 e. The third kappa shape index (κ3) is 3.82. The highest BCUT2D eigenvalue weighted by Gasteiger charge is 2.36. The van der Waals surface area contributed by atoms with Crippen molar-refractivity contribution in [3.05, 3.63) is 93.8 Å². The molecule has 3 heterocycles. The van der Waals surface area contributed by atoms with Crippen molar-refractivity contribution >= 4 is 39.8 Å². The molecule has 0 fully saturated rings. The number of aryl methyl sites for hydroxylation is 3. The molecule has 1 aromatic heterocycles. The number of rotatable bonds is 4. The van der Waals surface area contributed by atoms with Gasteiger partial charge in [0.2, 0.25) is 5.17 Å². The summed E-state index contributed by atoms with van der Waals surface area (Å²) in [6.07, 6.45) is 2.76. The summed E-state index contributed by atoms with van der Waals surface area (Å²) in [7, 11) is 0. The molecular formula is C27H25N5OS. The maximum absolute atomic E-state index is 12.9. The number of benzene rings is 2. The lowest BCUT2D eigenvalue weighted by molar-refractivity contribution is -0.114. The van der Waals surface area contributed by atoms with E-state index in [0.29, 0.717) is 5.17 Å². The smallest absolute Gasteiger partial charge is 0.283 e. The average Bonchev–Trinajstić information content (AvgIpc) is 3.37. The molecule has 0 unspecified atom stereocenters. The van der Waals surface area contributed by atoms with Gasteiger partial charge in [0.05, 0.1) is 5.57 Å². The zero-order chi connectivity index (χ0) is 24.0. The second-order valence-electron chi connectivity index (χ2n) is 8.47. The molecule has 0 bridgehead atoms. The number of aliphatic imine (C=N–C) groups is 1.